The van der Waals surface area contributed by atoms with Crippen LogP contribution >= 0.6 is 11.3 Å². The molecule has 0 aliphatic carbocycles. The number of aliphatic hydroxyl groups is 1. The van der Waals surface area contributed by atoms with E-state index in [1.165, 1.54) is 11.3 Å². The van der Waals surface area contributed by atoms with Crippen LogP contribution in [-0.2, 0) is 6.54 Å². The first kappa shape index (κ1) is 15.2. The van der Waals surface area contributed by atoms with Crippen LogP contribution in [0.5, 0.6) is 0 Å². The summed E-state index contributed by atoms with van der Waals surface area (Å²) in [5.74, 6) is 5.26. The van der Waals surface area contributed by atoms with Crippen LogP contribution in [0.25, 0.3) is 0 Å². The van der Waals surface area contributed by atoms with Crippen molar-refractivity contribution in [3.05, 3.63) is 51.0 Å². The van der Waals surface area contributed by atoms with Crippen LogP contribution in [0.4, 0.5) is 0 Å². The molecule has 0 atom stereocenters. The lowest BCUT2D eigenvalue weighted by atomic mass is 10.0. The van der Waals surface area contributed by atoms with E-state index in [1.54, 1.807) is 11.6 Å². The van der Waals surface area contributed by atoms with Gasteiger partial charge < -0.3 is 10.4 Å². The number of nitrogens with one attached hydrogen (secondary N) is 1. The summed E-state index contributed by atoms with van der Waals surface area (Å²) in [7, 11) is 0. The molecule has 0 radical (unpaired) electrons. The fraction of sp³-hybridized carbons (Fsp3) is 0.250. The summed E-state index contributed by atoms with van der Waals surface area (Å²) in [6, 6.07) is 5.43. The molecular formula is C16H16N2O2S. The Bertz CT molecular complexity index is 711. The molecule has 2 N–H and O–H groups in total. The minimum absolute atomic E-state index is 0.132. The number of carbonyl (C=O) groups is 1. The maximum Gasteiger partial charge on any atom is 0.251 e. The average molecular weight is 300 g/mol. The van der Waals surface area contributed by atoms with E-state index in [1.807, 2.05) is 26.0 Å². The largest absolute Gasteiger partial charge is 0.384 e. The van der Waals surface area contributed by atoms with E-state index in [2.05, 4.69) is 22.1 Å². The van der Waals surface area contributed by atoms with E-state index in [-0.39, 0.29) is 12.5 Å². The second-order valence-electron chi connectivity index (χ2n) is 4.53. The minimum Gasteiger partial charge on any atom is -0.384 e. The zero-order valence-corrected chi connectivity index (χ0v) is 12.8. The van der Waals surface area contributed by atoms with Crippen LogP contribution in [0.15, 0.2) is 23.7 Å². The smallest absolute Gasteiger partial charge is 0.251 e. The monoisotopic (exact) mass is 300 g/mol. The molecule has 2 aromatic rings. The van der Waals surface area contributed by atoms with Crippen molar-refractivity contribution in [2.75, 3.05) is 6.61 Å². The average Bonchev–Trinajstić information content (AvgIpc) is 2.89. The van der Waals surface area contributed by atoms with E-state index in [0.717, 1.165) is 16.1 Å². The van der Waals surface area contributed by atoms with Crippen molar-refractivity contribution >= 4 is 17.2 Å². The van der Waals surface area contributed by atoms with Crippen molar-refractivity contribution in [3.8, 4) is 11.8 Å². The summed E-state index contributed by atoms with van der Waals surface area (Å²) < 4.78 is 0. The van der Waals surface area contributed by atoms with Gasteiger partial charge in [0.25, 0.3) is 5.91 Å². The Morgan fingerprint density at radius 1 is 1.43 bits per heavy atom. The fourth-order valence-electron chi connectivity index (χ4n) is 1.84. The first-order valence-electron chi connectivity index (χ1n) is 6.49. The highest BCUT2D eigenvalue weighted by Crippen LogP contribution is 2.14. The molecular weight excluding hydrogens is 284 g/mol. The van der Waals surface area contributed by atoms with Gasteiger partial charge in [0.05, 0.1) is 17.7 Å². The van der Waals surface area contributed by atoms with Crippen LogP contribution in [0.3, 0.4) is 0 Å². The maximum atomic E-state index is 12.3. The summed E-state index contributed by atoms with van der Waals surface area (Å²) in [6.07, 6.45) is 0. The number of rotatable bonds is 3. The van der Waals surface area contributed by atoms with E-state index in [9.17, 15) is 4.79 Å². The van der Waals surface area contributed by atoms with Gasteiger partial charge in [-0.25, -0.2) is 4.98 Å². The highest BCUT2D eigenvalue weighted by Gasteiger charge is 2.10. The standard InChI is InChI=1S/C16H16N2O2S/c1-11-5-6-13(4-3-7-19)8-14(11)16(20)17-9-15-12(2)18-10-21-15/h5-6,8,10,19H,7,9H2,1-2H3,(H,17,20). The van der Waals surface area contributed by atoms with Crippen LogP contribution in [0.2, 0.25) is 0 Å². The molecule has 0 bridgehead atoms. The number of carbonyl (C=O) groups excluding carboxylic acids is 1. The van der Waals surface area contributed by atoms with Gasteiger partial charge in [-0.05, 0) is 31.5 Å². The van der Waals surface area contributed by atoms with Crippen molar-refractivity contribution < 1.29 is 9.90 Å². The van der Waals surface area contributed by atoms with Crippen molar-refractivity contribution in [1.82, 2.24) is 10.3 Å². The van der Waals surface area contributed by atoms with E-state index < -0.39 is 0 Å². The molecule has 0 saturated heterocycles. The first-order valence-corrected chi connectivity index (χ1v) is 7.37. The van der Waals surface area contributed by atoms with Gasteiger partial charge in [0.15, 0.2) is 0 Å². The summed E-state index contributed by atoms with van der Waals surface area (Å²) >= 11 is 1.53. The topological polar surface area (TPSA) is 62.2 Å². The summed E-state index contributed by atoms with van der Waals surface area (Å²) in [4.78, 5) is 17.5. The lowest BCUT2D eigenvalue weighted by Crippen LogP contribution is -2.23. The van der Waals surface area contributed by atoms with E-state index in [0.29, 0.717) is 17.7 Å². The Kier molecular flexibility index (Phi) is 5.09. The number of thiazole rings is 1. The van der Waals surface area contributed by atoms with E-state index in [4.69, 9.17) is 5.11 Å². The fourth-order valence-corrected chi connectivity index (χ4v) is 2.55. The molecule has 0 aliphatic heterocycles. The molecule has 1 amide bonds. The minimum atomic E-state index is -0.194. The molecule has 1 aromatic heterocycles. The van der Waals surface area contributed by atoms with Gasteiger partial charge in [-0.3, -0.25) is 4.79 Å². The van der Waals surface area contributed by atoms with Crippen molar-refractivity contribution in [2.24, 2.45) is 0 Å². The molecule has 0 aliphatic rings. The van der Waals surface area contributed by atoms with E-state index >= 15 is 0 Å². The number of nitrogens with zero attached hydrogens (tertiary/aromatic N) is 1. The number of hydrogen-bond donors (Lipinski definition) is 2. The van der Waals surface area contributed by atoms with Crippen LogP contribution in [0, 0.1) is 25.7 Å². The quantitative estimate of drug-likeness (QED) is 0.853. The number of hydrogen-bond acceptors (Lipinski definition) is 4. The number of aryl methyl sites for hydroxylation is 2. The molecule has 0 spiro atoms. The van der Waals surface area contributed by atoms with Crippen LogP contribution in [0.1, 0.15) is 32.1 Å². The lowest BCUT2D eigenvalue weighted by Gasteiger charge is -2.07. The lowest BCUT2D eigenvalue weighted by molar-refractivity contribution is 0.0950. The molecule has 1 heterocycles. The van der Waals surface area contributed by atoms with Crippen LogP contribution in [-0.4, -0.2) is 22.6 Å². The molecule has 4 nitrogen and oxygen atoms in total. The highest BCUT2D eigenvalue weighted by molar-refractivity contribution is 7.09. The van der Waals surface area contributed by atoms with Gasteiger partial charge in [0, 0.05) is 16.0 Å². The summed E-state index contributed by atoms with van der Waals surface area (Å²) in [6.45, 7) is 4.09. The molecule has 21 heavy (non-hydrogen) atoms. The molecule has 0 saturated carbocycles. The maximum absolute atomic E-state index is 12.3. The van der Waals surface area contributed by atoms with Gasteiger partial charge in [-0.2, -0.15) is 0 Å². The summed E-state index contributed by atoms with van der Waals surface area (Å²) in [5.41, 5.74) is 4.92. The second-order valence-corrected chi connectivity index (χ2v) is 5.47. The van der Waals surface area contributed by atoms with Crippen molar-refractivity contribution in [3.63, 3.8) is 0 Å². The van der Waals surface area contributed by atoms with Gasteiger partial charge in [-0.15, -0.1) is 11.3 Å². The second kappa shape index (κ2) is 7.02. The zero-order valence-electron chi connectivity index (χ0n) is 11.9. The van der Waals surface area contributed by atoms with Crippen LogP contribution < -0.4 is 5.32 Å². The summed E-state index contributed by atoms with van der Waals surface area (Å²) in [5, 5.41) is 11.6. The third-order valence-corrected chi connectivity index (χ3v) is 3.98. The molecule has 2 rings (SSSR count). The Labute approximate surface area is 127 Å². The van der Waals surface area contributed by atoms with Gasteiger partial charge in [-0.1, -0.05) is 17.9 Å². The first-order chi connectivity index (χ1) is 10.1. The SMILES string of the molecule is Cc1ccc(C#CCO)cc1C(=O)NCc1scnc1C. The van der Waals surface area contributed by atoms with Gasteiger partial charge in [0.2, 0.25) is 0 Å². The zero-order chi connectivity index (χ0) is 15.2. The third-order valence-electron chi connectivity index (χ3n) is 3.05. The van der Waals surface area contributed by atoms with Gasteiger partial charge in [0.1, 0.15) is 6.61 Å². The number of aromatic nitrogens is 1. The molecule has 108 valence electrons. The predicted octanol–water partition coefficient (Wildman–Crippen LogP) is 2.03. The molecule has 5 heteroatoms. The Hall–Kier alpha value is -2.16. The molecule has 1 aromatic carbocycles. The normalized spacial score (nSPS) is 9.86. The van der Waals surface area contributed by atoms with Gasteiger partial charge >= 0.3 is 0 Å². The number of amides is 1. The molecule has 0 unspecified atom stereocenters. The molecule has 0 fully saturated rings. The Morgan fingerprint density at radius 3 is 2.90 bits per heavy atom. The third kappa shape index (κ3) is 3.91. The predicted molar refractivity (Wildman–Crippen MR) is 83.2 cm³/mol. The Balaban J connectivity index is 2.13. The van der Waals surface area contributed by atoms with Crippen molar-refractivity contribution in [2.45, 2.75) is 20.4 Å². The number of aliphatic hydroxyl groups excluding tert-OH is 1. The number of benzene rings is 1. The highest BCUT2D eigenvalue weighted by atomic mass is 32.1. The Morgan fingerprint density at radius 2 is 2.24 bits per heavy atom. The van der Waals surface area contributed by atoms with Crippen molar-refractivity contribution in [1.29, 1.82) is 0 Å².